The Labute approximate surface area is 165 Å². The lowest BCUT2D eigenvalue weighted by atomic mass is 9.75. The Morgan fingerprint density at radius 1 is 1.14 bits per heavy atom. The largest absolute Gasteiger partial charge is 0.445 e. The number of amides is 1. The molecule has 28 heavy (non-hydrogen) atoms. The number of fused-ring (bicyclic) bond motifs is 2. The first-order valence-electron chi connectivity index (χ1n) is 9.83. The number of carbonyl (C=O) groups is 1. The Kier molecular flexibility index (Phi) is 5.13. The third-order valence-corrected chi connectivity index (χ3v) is 5.86. The van der Waals surface area contributed by atoms with Crippen molar-refractivity contribution in [2.75, 3.05) is 13.2 Å². The van der Waals surface area contributed by atoms with E-state index in [1.165, 1.54) is 0 Å². The average molecular weight is 381 g/mol. The van der Waals surface area contributed by atoms with Crippen molar-refractivity contribution in [3.8, 4) is 0 Å². The quantitative estimate of drug-likeness (QED) is 0.881. The first-order valence-corrected chi connectivity index (χ1v) is 9.83. The van der Waals surface area contributed by atoms with Gasteiger partial charge in [0, 0.05) is 12.8 Å². The van der Waals surface area contributed by atoms with Crippen molar-refractivity contribution in [2.24, 2.45) is 0 Å². The van der Waals surface area contributed by atoms with Gasteiger partial charge in [0.05, 0.1) is 30.9 Å². The maximum absolute atomic E-state index is 12.8. The molecule has 2 heterocycles. The zero-order chi connectivity index (χ0) is 19.7. The molecule has 0 aromatic heterocycles. The van der Waals surface area contributed by atoms with E-state index in [0.29, 0.717) is 26.1 Å². The highest BCUT2D eigenvalue weighted by atomic mass is 16.6. The predicted molar refractivity (Wildman–Crippen MR) is 106 cm³/mol. The summed E-state index contributed by atoms with van der Waals surface area (Å²) in [7, 11) is 0. The summed E-state index contributed by atoms with van der Waals surface area (Å²) in [6.07, 6.45) is 0.577. The lowest BCUT2D eigenvalue weighted by Crippen LogP contribution is -2.62. The number of aryl methyl sites for hydroxylation is 2. The highest BCUT2D eigenvalue weighted by Gasteiger charge is 2.49. The summed E-state index contributed by atoms with van der Waals surface area (Å²) in [6, 6.07) is 15.5. The standard InChI is InChI=1S/C23H27NO4/c1-16-8-9-17(2)21(10-16)23(26)11-19-14-27-15-20(12-23)24(19)22(25)28-13-18-6-4-3-5-7-18/h3-10,19-20,26H,11-15H2,1-2H3. The minimum atomic E-state index is -0.953. The van der Waals surface area contributed by atoms with Crippen LogP contribution >= 0.6 is 0 Å². The van der Waals surface area contributed by atoms with Gasteiger partial charge in [-0.2, -0.15) is 0 Å². The van der Waals surface area contributed by atoms with Crippen LogP contribution < -0.4 is 0 Å². The lowest BCUT2D eigenvalue weighted by Gasteiger charge is -2.51. The summed E-state index contributed by atoms with van der Waals surface area (Å²) in [5, 5.41) is 11.5. The van der Waals surface area contributed by atoms with Crippen LogP contribution in [-0.2, 0) is 21.7 Å². The molecule has 2 aromatic carbocycles. The molecular weight excluding hydrogens is 354 g/mol. The van der Waals surface area contributed by atoms with E-state index in [9.17, 15) is 9.90 Å². The summed E-state index contributed by atoms with van der Waals surface area (Å²) in [4.78, 5) is 14.6. The van der Waals surface area contributed by atoms with Gasteiger partial charge in [-0.3, -0.25) is 4.90 Å². The van der Waals surface area contributed by atoms with Gasteiger partial charge >= 0.3 is 6.09 Å². The number of morpholine rings is 1. The SMILES string of the molecule is Cc1ccc(C)c(C2(O)CC3COCC(C2)N3C(=O)OCc2ccccc2)c1. The van der Waals surface area contributed by atoms with Gasteiger partial charge in [-0.1, -0.05) is 54.1 Å². The van der Waals surface area contributed by atoms with E-state index in [2.05, 4.69) is 18.2 Å². The summed E-state index contributed by atoms with van der Waals surface area (Å²) in [5.74, 6) is 0. The molecule has 148 valence electrons. The molecule has 2 aliphatic heterocycles. The Morgan fingerprint density at radius 3 is 2.50 bits per heavy atom. The molecule has 0 radical (unpaired) electrons. The number of aliphatic hydroxyl groups is 1. The molecule has 2 bridgehead atoms. The van der Waals surface area contributed by atoms with Crippen LogP contribution in [0.3, 0.4) is 0 Å². The summed E-state index contributed by atoms with van der Waals surface area (Å²) >= 11 is 0. The summed E-state index contributed by atoms with van der Waals surface area (Å²) < 4.78 is 11.3. The van der Waals surface area contributed by atoms with Crippen molar-refractivity contribution in [1.82, 2.24) is 4.90 Å². The van der Waals surface area contributed by atoms with Crippen LogP contribution in [0, 0.1) is 13.8 Å². The van der Waals surface area contributed by atoms with Crippen LogP contribution in [0.25, 0.3) is 0 Å². The minimum absolute atomic E-state index is 0.194. The smallest absolute Gasteiger partial charge is 0.410 e. The fraction of sp³-hybridized carbons (Fsp3) is 0.435. The van der Waals surface area contributed by atoms with E-state index in [4.69, 9.17) is 9.47 Å². The lowest BCUT2D eigenvalue weighted by molar-refractivity contribution is -0.137. The van der Waals surface area contributed by atoms with E-state index < -0.39 is 5.60 Å². The molecule has 2 aliphatic rings. The Hall–Kier alpha value is -2.37. The first kappa shape index (κ1) is 19.0. The van der Waals surface area contributed by atoms with Crippen molar-refractivity contribution in [3.63, 3.8) is 0 Å². The van der Waals surface area contributed by atoms with Crippen molar-refractivity contribution in [3.05, 3.63) is 70.8 Å². The molecule has 2 saturated heterocycles. The van der Waals surface area contributed by atoms with Gasteiger partial charge in [-0.15, -0.1) is 0 Å². The minimum Gasteiger partial charge on any atom is -0.445 e. The molecule has 5 nitrogen and oxygen atoms in total. The number of ether oxygens (including phenoxy) is 2. The number of hydrogen-bond donors (Lipinski definition) is 1. The van der Waals surface area contributed by atoms with Gasteiger partial charge in [0.15, 0.2) is 0 Å². The van der Waals surface area contributed by atoms with E-state index in [1.54, 1.807) is 4.90 Å². The van der Waals surface area contributed by atoms with Gasteiger partial charge in [0.25, 0.3) is 0 Å². The zero-order valence-electron chi connectivity index (χ0n) is 16.4. The third kappa shape index (κ3) is 3.64. The molecule has 4 rings (SSSR count). The normalized spacial score (nSPS) is 26.8. The Balaban J connectivity index is 1.52. The number of hydrogen-bond acceptors (Lipinski definition) is 4. The predicted octanol–water partition coefficient (Wildman–Crippen LogP) is 3.69. The zero-order valence-corrected chi connectivity index (χ0v) is 16.4. The topological polar surface area (TPSA) is 59.0 Å². The van der Waals surface area contributed by atoms with Gasteiger partial charge in [0.2, 0.25) is 0 Å². The van der Waals surface area contributed by atoms with Crippen molar-refractivity contribution >= 4 is 6.09 Å². The Morgan fingerprint density at radius 2 is 1.82 bits per heavy atom. The molecule has 2 fully saturated rings. The number of piperidine rings is 1. The number of nitrogens with zero attached hydrogens (tertiary/aromatic N) is 1. The van der Waals surface area contributed by atoms with Crippen molar-refractivity contribution in [2.45, 2.75) is 51.0 Å². The van der Waals surface area contributed by atoms with E-state index in [0.717, 1.165) is 22.3 Å². The second-order valence-electron chi connectivity index (χ2n) is 8.05. The summed E-state index contributed by atoms with van der Waals surface area (Å²) in [6.45, 7) is 5.15. The van der Waals surface area contributed by atoms with Crippen molar-refractivity contribution in [1.29, 1.82) is 0 Å². The second kappa shape index (κ2) is 7.57. The first-order chi connectivity index (χ1) is 13.5. The van der Waals surface area contributed by atoms with E-state index >= 15 is 0 Å². The maximum atomic E-state index is 12.8. The van der Waals surface area contributed by atoms with Gasteiger partial charge in [0.1, 0.15) is 6.61 Å². The highest BCUT2D eigenvalue weighted by Crippen LogP contribution is 2.42. The Bertz CT molecular complexity index is 837. The highest BCUT2D eigenvalue weighted by molar-refractivity contribution is 5.69. The van der Waals surface area contributed by atoms with Crippen LogP contribution in [0.15, 0.2) is 48.5 Å². The monoisotopic (exact) mass is 381 g/mol. The molecular formula is C23H27NO4. The van der Waals surface area contributed by atoms with Crippen LogP contribution in [-0.4, -0.2) is 41.4 Å². The van der Waals surface area contributed by atoms with E-state index in [-0.39, 0.29) is 24.8 Å². The van der Waals surface area contributed by atoms with Gasteiger partial charge in [-0.25, -0.2) is 4.79 Å². The van der Waals surface area contributed by atoms with Crippen LogP contribution in [0.4, 0.5) is 4.79 Å². The maximum Gasteiger partial charge on any atom is 0.410 e. The van der Waals surface area contributed by atoms with Crippen molar-refractivity contribution < 1.29 is 19.4 Å². The molecule has 0 spiro atoms. The van der Waals surface area contributed by atoms with Crippen LogP contribution in [0.1, 0.15) is 35.1 Å². The number of carbonyl (C=O) groups excluding carboxylic acids is 1. The molecule has 1 N–H and O–H groups in total. The van der Waals surface area contributed by atoms with Gasteiger partial charge in [-0.05, 0) is 30.5 Å². The molecule has 2 unspecified atom stereocenters. The molecule has 5 heteroatoms. The average Bonchev–Trinajstić information content (AvgIpc) is 2.68. The number of benzene rings is 2. The molecule has 0 saturated carbocycles. The molecule has 0 aliphatic carbocycles. The molecule has 1 amide bonds. The fourth-order valence-electron chi connectivity index (χ4n) is 4.53. The van der Waals surface area contributed by atoms with Gasteiger partial charge < -0.3 is 14.6 Å². The van der Waals surface area contributed by atoms with E-state index in [1.807, 2.05) is 44.2 Å². The fourth-order valence-corrected chi connectivity index (χ4v) is 4.53. The van der Waals surface area contributed by atoms with Crippen LogP contribution in [0.2, 0.25) is 0 Å². The number of rotatable bonds is 3. The second-order valence-corrected chi connectivity index (χ2v) is 8.05. The third-order valence-electron chi connectivity index (χ3n) is 5.86. The molecule has 2 aromatic rings. The molecule has 2 atom stereocenters. The summed E-state index contributed by atoms with van der Waals surface area (Å²) in [5.41, 5.74) is 3.17. The van der Waals surface area contributed by atoms with Crippen LogP contribution in [0.5, 0.6) is 0 Å².